The average Bonchev–Trinajstić information content (AvgIpc) is 2.87. The highest BCUT2D eigenvalue weighted by atomic mass is 19.4. The van der Waals surface area contributed by atoms with Gasteiger partial charge >= 0.3 is 6.18 Å². The predicted molar refractivity (Wildman–Crippen MR) is 97.5 cm³/mol. The first kappa shape index (κ1) is 19.9. The molecule has 2 saturated heterocycles. The molecule has 5 nitrogen and oxygen atoms in total. The minimum Gasteiger partial charge on any atom is -0.355 e. The van der Waals surface area contributed by atoms with E-state index >= 15 is 0 Å². The topological polar surface area (TPSA) is 39.7 Å². The largest absolute Gasteiger partial charge is 0.417 e. The van der Waals surface area contributed by atoms with E-state index in [4.69, 9.17) is 0 Å². The lowest BCUT2D eigenvalue weighted by atomic mass is 9.99. The van der Waals surface area contributed by atoms with Crippen molar-refractivity contribution in [1.82, 2.24) is 14.8 Å². The van der Waals surface area contributed by atoms with Crippen molar-refractivity contribution >= 4 is 11.7 Å². The third-order valence-electron chi connectivity index (χ3n) is 5.48. The molecule has 150 valence electrons. The number of halogens is 3. The number of piperidine rings is 1. The number of aromatic nitrogens is 1. The van der Waals surface area contributed by atoms with Crippen LogP contribution in [-0.2, 0) is 11.0 Å². The molecule has 0 saturated carbocycles. The maximum atomic E-state index is 12.7. The van der Waals surface area contributed by atoms with E-state index in [1.165, 1.54) is 6.07 Å². The van der Waals surface area contributed by atoms with Gasteiger partial charge in [-0.15, -0.1) is 0 Å². The molecule has 8 heteroatoms. The first-order chi connectivity index (χ1) is 12.8. The van der Waals surface area contributed by atoms with Gasteiger partial charge in [0.05, 0.1) is 12.1 Å². The number of carbonyl (C=O) groups is 1. The van der Waals surface area contributed by atoms with E-state index in [1.54, 1.807) is 0 Å². The normalized spacial score (nSPS) is 20.6. The van der Waals surface area contributed by atoms with Crippen molar-refractivity contribution in [2.24, 2.45) is 5.92 Å². The maximum absolute atomic E-state index is 12.7. The van der Waals surface area contributed by atoms with Crippen LogP contribution in [-0.4, -0.2) is 66.5 Å². The number of likely N-dealkylation sites (tertiary alicyclic amines) is 1. The van der Waals surface area contributed by atoms with Gasteiger partial charge in [0.1, 0.15) is 5.82 Å². The van der Waals surface area contributed by atoms with Crippen molar-refractivity contribution in [2.45, 2.75) is 32.4 Å². The third-order valence-corrected chi connectivity index (χ3v) is 5.48. The highest BCUT2D eigenvalue weighted by molar-refractivity contribution is 5.78. The molecule has 0 unspecified atom stereocenters. The van der Waals surface area contributed by atoms with Gasteiger partial charge in [-0.3, -0.25) is 9.69 Å². The lowest BCUT2D eigenvalue weighted by molar-refractivity contribution is -0.138. The minimum absolute atomic E-state index is 0.183. The van der Waals surface area contributed by atoms with Crippen molar-refractivity contribution in [3.63, 3.8) is 0 Å². The molecule has 1 aromatic rings. The number of alkyl halides is 3. The first-order valence-electron chi connectivity index (χ1n) is 9.61. The highest BCUT2D eigenvalue weighted by Crippen LogP contribution is 2.29. The molecule has 27 heavy (non-hydrogen) atoms. The van der Waals surface area contributed by atoms with Crippen molar-refractivity contribution < 1.29 is 18.0 Å². The van der Waals surface area contributed by atoms with Gasteiger partial charge in [0.2, 0.25) is 5.91 Å². The molecule has 0 spiro atoms. The number of nitrogens with zero attached hydrogens (tertiary/aromatic N) is 4. The number of rotatable bonds is 3. The number of hydrogen-bond donors (Lipinski definition) is 0. The zero-order valence-electron chi connectivity index (χ0n) is 15.7. The summed E-state index contributed by atoms with van der Waals surface area (Å²) in [5.74, 6) is 1.43. The quantitative estimate of drug-likeness (QED) is 0.804. The van der Waals surface area contributed by atoms with E-state index in [0.717, 1.165) is 57.7 Å². The summed E-state index contributed by atoms with van der Waals surface area (Å²) in [6.07, 6.45) is -0.488. The van der Waals surface area contributed by atoms with E-state index in [9.17, 15) is 18.0 Å². The Morgan fingerprint density at radius 1 is 1.11 bits per heavy atom. The minimum atomic E-state index is -4.37. The summed E-state index contributed by atoms with van der Waals surface area (Å²) in [4.78, 5) is 22.6. The molecule has 2 aliphatic heterocycles. The second kappa shape index (κ2) is 8.46. The second-order valence-corrected chi connectivity index (χ2v) is 7.58. The van der Waals surface area contributed by atoms with Crippen molar-refractivity contribution in [1.29, 1.82) is 0 Å². The van der Waals surface area contributed by atoms with Gasteiger partial charge in [0.25, 0.3) is 0 Å². The first-order valence-corrected chi connectivity index (χ1v) is 9.61. The average molecular weight is 384 g/mol. The Morgan fingerprint density at radius 2 is 1.85 bits per heavy atom. The Labute approximate surface area is 158 Å². The molecule has 0 radical (unpaired) electrons. The molecule has 0 aliphatic carbocycles. The fourth-order valence-corrected chi connectivity index (χ4v) is 3.65. The maximum Gasteiger partial charge on any atom is 0.417 e. The zero-order chi connectivity index (χ0) is 19.4. The molecule has 0 bridgehead atoms. The van der Waals surface area contributed by atoms with Crippen LogP contribution in [0.2, 0.25) is 0 Å². The van der Waals surface area contributed by atoms with E-state index < -0.39 is 11.7 Å². The standard InChI is InChI=1S/C19H27F3N4O/c1-15-5-9-26(10-6-15)18(27)14-24-7-2-8-25(12-11-24)17-4-3-16(13-23-17)19(20,21)22/h3-4,13,15H,2,5-12,14H2,1H3. The smallest absolute Gasteiger partial charge is 0.355 e. The van der Waals surface area contributed by atoms with Crippen LogP contribution in [0.5, 0.6) is 0 Å². The summed E-state index contributed by atoms with van der Waals surface area (Å²) in [5, 5.41) is 0. The van der Waals surface area contributed by atoms with Crippen LogP contribution in [0.3, 0.4) is 0 Å². The Morgan fingerprint density at radius 3 is 2.48 bits per heavy atom. The van der Waals surface area contributed by atoms with Crippen molar-refractivity contribution in [3.05, 3.63) is 23.9 Å². The summed E-state index contributed by atoms with van der Waals surface area (Å²) >= 11 is 0. The van der Waals surface area contributed by atoms with Crippen LogP contribution >= 0.6 is 0 Å². The highest BCUT2D eigenvalue weighted by Gasteiger charge is 2.31. The Hall–Kier alpha value is -1.83. The van der Waals surface area contributed by atoms with Crippen molar-refractivity contribution in [2.75, 3.05) is 50.7 Å². The molecule has 1 aromatic heterocycles. The predicted octanol–water partition coefficient (Wildman–Crippen LogP) is 2.87. The van der Waals surface area contributed by atoms with E-state index in [0.29, 0.717) is 31.4 Å². The lowest BCUT2D eigenvalue weighted by Crippen LogP contribution is -2.44. The molecule has 0 atom stereocenters. The Kier molecular flexibility index (Phi) is 6.24. The SMILES string of the molecule is CC1CCN(C(=O)CN2CCCN(c3ccc(C(F)(F)F)cn3)CC2)CC1. The number of amides is 1. The number of pyridine rings is 1. The number of anilines is 1. The van der Waals surface area contributed by atoms with E-state index in [-0.39, 0.29) is 5.91 Å². The summed E-state index contributed by atoms with van der Waals surface area (Å²) in [5.41, 5.74) is -0.732. The van der Waals surface area contributed by atoms with Gasteiger partial charge in [-0.1, -0.05) is 6.92 Å². The van der Waals surface area contributed by atoms with Crippen LogP contribution in [0.4, 0.5) is 19.0 Å². The monoisotopic (exact) mass is 384 g/mol. The molecule has 2 fully saturated rings. The fraction of sp³-hybridized carbons (Fsp3) is 0.684. The van der Waals surface area contributed by atoms with Gasteiger partial charge in [-0.2, -0.15) is 13.2 Å². The summed E-state index contributed by atoms with van der Waals surface area (Å²) in [6, 6.07) is 2.50. The number of hydrogen-bond acceptors (Lipinski definition) is 4. The molecular weight excluding hydrogens is 357 g/mol. The molecule has 1 amide bonds. The van der Waals surface area contributed by atoms with Gasteiger partial charge in [-0.05, 0) is 37.3 Å². The van der Waals surface area contributed by atoms with Gasteiger partial charge in [0, 0.05) is 45.5 Å². The van der Waals surface area contributed by atoms with Crippen LogP contribution in [0, 0.1) is 5.92 Å². The lowest BCUT2D eigenvalue weighted by Gasteiger charge is -2.32. The third kappa shape index (κ3) is 5.34. The van der Waals surface area contributed by atoms with E-state index in [1.807, 2.05) is 9.80 Å². The van der Waals surface area contributed by atoms with Crippen LogP contribution in [0.1, 0.15) is 31.7 Å². The second-order valence-electron chi connectivity index (χ2n) is 7.58. The molecule has 2 aliphatic rings. The summed E-state index contributed by atoms with van der Waals surface area (Å²) in [7, 11) is 0. The fourth-order valence-electron chi connectivity index (χ4n) is 3.65. The van der Waals surface area contributed by atoms with Gasteiger partial charge in [0.15, 0.2) is 0 Å². The van der Waals surface area contributed by atoms with Crippen molar-refractivity contribution in [3.8, 4) is 0 Å². The summed E-state index contributed by atoms with van der Waals surface area (Å²) in [6.45, 7) is 7.23. The van der Waals surface area contributed by atoms with E-state index in [2.05, 4.69) is 16.8 Å². The molecule has 0 aromatic carbocycles. The summed E-state index contributed by atoms with van der Waals surface area (Å²) < 4.78 is 38.0. The van der Waals surface area contributed by atoms with Crippen LogP contribution in [0.25, 0.3) is 0 Å². The number of carbonyl (C=O) groups excluding carboxylic acids is 1. The van der Waals surface area contributed by atoms with Crippen LogP contribution in [0.15, 0.2) is 18.3 Å². The molecule has 0 N–H and O–H groups in total. The van der Waals surface area contributed by atoms with Gasteiger partial charge in [-0.25, -0.2) is 4.98 Å². The Balaban J connectivity index is 1.52. The molecule has 3 rings (SSSR count). The zero-order valence-corrected chi connectivity index (χ0v) is 15.7. The molecular formula is C19H27F3N4O. The van der Waals surface area contributed by atoms with Crippen LogP contribution < -0.4 is 4.90 Å². The Bertz CT molecular complexity index is 627. The molecule has 3 heterocycles. The van der Waals surface area contributed by atoms with Gasteiger partial charge < -0.3 is 9.80 Å².